The Kier molecular flexibility index (Phi) is 6.69. The summed E-state index contributed by atoms with van der Waals surface area (Å²) in [6.45, 7) is 1.38. The summed E-state index contributed by atoms with van der Waals surface area (Å²) in [5.74, 6) is -1.62. The van der Waals surface area contributed by atoms with Gasteiger partial charge in [0.15, 0.2) is 11.5 Å². The van der Waals surface area contributed by atoms with Crippen LogP contribution in [-0.4, -0.2) is 43.3 Å². The Balaban J connectivity index is 2.17. The number of benzene rings is 2. The van der Waals surface area contributed by atoms with Crippen LogP contribution in [0.4, 0.5) is 5.69 Å². The van der Waals surface area contributed by atoms with E-state index in [0.717, 1.165) is 0 Å². The fourth-order valence-electron chi connectivity index (χ4n) is 2.40. The summed E-state index contributed by atoms with van der Waals surface area (Å²) in [4.78, 5) is 34.7. The second kappa shape index (κ2) is 9.17. The minimum absolute atomic E-state index is 0.0545. The van der Waals surface area contributed by atoms with Crippen molar-refractivity contribution >= 4 is 29.7 Å². The first-order valence-electron chi connectivity index (χ1n) is 8.06. The first-order valence-corrected chi connectivity index (χ1v) is 8.06. The first-order chi connectivity index (χ1) is 13.4. The summed E-state index contributed by atoms with van der Waals surface area (Å²) >= 11 is 0. The highest BCUT2D eigenvalue weighted by Crippen LogP contribution is 2.32. The van der Waals surface area contributed by atoms with E-state index in [9.17, 15) is 19.5 Å². The predicted molar refractivity (Wildman–Crippen MR) is 102 cm³/mol. The number of carbonyl (C=O) groups excluding carboxylic acids is 2. The number of carboxylic acids is 1. The Morgan fingerprint density at radius 3 is 2.25 bits per heavy atom. The van der Waals surface area contributed by atoms with Gasteiger partial charge < -0.3 is 19.9 Å². The van der Waals surface area contributed by atoms with Gasteiger partial charge >= 0.3 is 5.97 Å². The molecule has 0 aliphatic rings. The number of amides is 2. The largest absolute Gasteiger partial charge is 0.493 e. The van der Waals surface area contributed by atoms with Gasteiger partial charge in [0.1, 0.15) is 5.56 Å². The van der Waals surface area contributed by atoms with Crippen molar-refractivity contribution in [2.24, 2.45) is 5.10 Å². The average molecular weight is 385 g/mol. The van der Waals surface area contributed by atoms with Gasteiger partial charge in [-0.25, -0.2) is 10.2 Å². The highest BCUT2D eigenvalue weighted by atomic mass is 16.5. The molecule has 2 rings (SSSR count). The molecule has 0 bridgehead atoms. The van der Waals surface area contributed by atoms with E-state index in [1.807, 2.05) is 0 Å². The van der Waals surface area contributed by atoms with Gasteiger partial charge in [0.25, 0.3) is 5.91 Å². The highest BCUT2D eigenvalue weighted by Gasteiger charge is 2.20. The molecule has 0 saturated heterocycles. The zero-order chi connectivity index (χ0) is 20.7. The summed E-state index contributed by atoms with van der Waals surface area (Å²) in [6, 6.07) is 9.23. The number of hydrogen-bond donors (Lipinski definition) is 3. The van der Waals surface area contributed by atoms with Crippen LogP contribution in [-0.2, 0) is 4.79 Å². The van der Waals surface area contributed by atoms with Crippen LogP contribution in [0.25, 0.3) is 0 Å². The van der Waals surface area contributed by atoms with E-state index < -0.39 is 11.9 Å². The van der Waals surface area contributed by atoms with Crippen LogP contribution in [0.2, 0.25) is 0 Å². The van der Waals surface area contributed by atoms with Crippen molar-refractivity contribution in [3.63, 3.8) is 0 Å². The molecule has 146 valence electrons. The van der Waals surface area contributed by atoms with Gasteiger partial charge in [-0.05, 0) is 36.4 Å². The van der Waals surface area contributed by atoms with E-state index in [1.165, 1.54) is 51.6 Å². The molecule has 0 aromatic heterocycles. The number of nitrogens with one attached hydrogen (secondary N) is 2. The summed E-state index contributed by atoms with van der Waals surface area (Å²) in [5.41, 5.74) is 3.28. The third kappa shape index (κ3) is 4.85. The third-order valence-electron chi connectivity index (χ3n) is 3.63. The topological polar surface area (TPSA) is 126 Å². The van der Waals surface area contributed by atoms with Crippen LogP contribution in [0.1, 0.15) is 33.2 Å². The third-order valence-corrected chi connectivity index (χ3v) is 3.63. The molecule has 2 amide bonds. The molecule has 2 aromatic carbocycles. The van der Waals surface area contributed by atoms with Crippen LogP contribution in [0.3, 0.4) is 0 Å². The molecule has 0 aliphatic carbocycles. The number of hydrazone groups is 1. The van der Waals surface area contributed by atoms with Gasteiger partial charge in [-0.15, -0.1) is 0 Å². The molecule has 9 heteroatoms. The number of nitrogens with zero attached hydrogens (tertiary/aromatic N) is 1. The minimum Gasteiger partial charge on any atom is -0.493 e. The number of anilines is 1. The number of hydrogen-bond acceptors (Lipinski definition) is 6. The molecule has 0 atom stereocenters. The van der Waals surface area contributed by atoms with Crippen LogP contribution < -0.4 is 20.2 Å². The molecule has 28 heavy (non-hydrogen) atoms. The Bertz CT molecular complexity index is 922. The Morgan fingerprint density at radius 2 is 1.71 bits per heavy atom. The van der Waals surface area contributed by atoms with Gasteiger partial charge in [0.05, 0.1) is 20.4 Å². The summed E-state index contributed by atoms with van der Waals surface area (Å²) in [5, 5.41) is 15.9. The maximum Gasteiger partial charge on any atom is 0.340 e. The lowest BCUT2D eigenvalue weighted by Crippen LogP contribution is -2.18. The first kappa shape index (κ1) is 20.4. The molecule has 2 aromatic rings. The van der Waals surface area contributed by atoms with E-state index in [0.29, 0.717) is 11.3 Å². The number of carboxylic acid groups (broad SMARTS) is 1. The van der Waals surface area contributed by atoms with Crippen molar-refractivity contribution in [1.82, 2.24) is 5.43 Å². The van der Waals surface area contributed by atoms with Crippen molar-refractivity contribution in [2.45, 2.75) is 6.92 Å². The standard InChI is InChI=1S/C19H19N3O6/c1-11(23)21-14-7-4-12(5-8-14)18(24)22-20-10-13-6-9-15(27-2)17(28-3)16(13)19(25)26/h4-10H,1-3H3,(H,21,23)(H,22,24)(H,25,26)/b20-10+. The van der Waals surface area contributed by atoms with Gasteiger partial charge in [0.2, 0.25) is 5.91 Å². The lowest BCUT2D eigenvalue weighted by molar-refractivity contribution is -0.114. The van der Waals surface area contributed by atoms with Gasteiger partial charge in [0, 0.05) is 23.7 Å². The van der Waals surface area contributed by atoms with Crippen molar-refractivity contribution in [2.75, 3.05) is 19.5 Å². The van der Waals surface area contributed by atoms with Crippen molar-refractivity contribution in [3.8, 4) is 11.5 Å². The fourth-order valence-corrected chi connectivity index (χ4v) is 2.40. The lowest BCUT2D eigenvalue weighted by atomic mass is 10.1. The summed E-state index contributed by atoms with van der Waals surface area (Å²) in [7, 11) is 2.73. The predicted octanol–water partition coefficient (Wildman–Crippen LogP) is 2.12. The maximum atomic E-state index is 12.1. The second-order valence-electron chi connectivity index (χ2n) is 5.53. The molecule has 0 heterocycles. The van der Waals surface area contributed by atoms with Crippen LogP contribution in [0.5, 0.6) is 11.5 Å². The number of carbonyl (C=O) groups is 3. The van der Waals surface area contributed by atoms with Crippen LogP contribution in [0.15, 0.2) is 41.5 Å². The highest BCUT2D eigenvalue weighted by molar-refractivity contribution is 6.02. The Hall–Kier alpha value is -3.88. The quantitative estimate of drug-likeness (QED) is 0.495. The molecule has 3 N–H and O–H groups in total. The van der Waals surface area contributed by atoms with Gasteiger partial charge in [-0.3, -0.25) is 9.59 Å². The van der Waals surface area contributed by atoms with Gasteiger partial charge in [-0.2, -0.15) is 5.10 Å². The smallest absolute Gasteiger partial charge is 0.340 e. The van der Waals surface area contributed by atoms with E-state index in [2.05, 4.69) is 15.8 Å². The monoisotopic (exact) mass is 385 g/mol. The van der Waals surface area contributed by atoms with Crippen molar-refractivity contribution < 1.29 is 29.0 Å². The summed E-state index contributed by atoms with van der Waals surface area (Å²) < 4.78 is 10.2. The maximum absolute atomic E-state index is 12.1. The van der Waals surface area contributed by atoms with E-state index >= 15 is 0 Å². The average Bonchev–Trinajstić information content (AvgIpc) is 2.67. The minimum atomic E-state index is -1.22. The molecule has 0 aliphatic heterocycles. The molecule has 0 fully saturated rings. The SMILES string of the molecule is COc1ccc(/C=N/NC(=O)c2ccc(NC(C)=O)cc2)c(C(=O)O)c1OC. The molecule has 0 unspecified atom stereocenters. The lowest BCUT2D eigenvalue weighted by Gasteiger charge is -2.12. The Labute approximate surface area is 161 Å². The Morgan fingerprint density at radius 1 is 1.04 bits per heavy atom. The fraction of sp³-hybridized carbons (Fsp3) is 0.158. The normalized spacial score (nSPS) is 10.4. The van der Waals surface area contributed by atoms with Crippen molar-refractivity contribution in [1.29, 1.82) is 0 Å². The zero-order valence-corrected chi connectivity index (χ0v) is 15.5. The van der Waals surface area contributed by atoms with E-state index in [-0.39, 0.29) is 28.5 Å². The van der Waals surface area contributed by atoms with E-state index in [1.54, 1.807) is 12.1 Å². The second-order valence-corrected chi connectivity index (χ2v) is 5.53. The number of ether oxygens (including phenoxy) is 2. The molecule has 0 saturated carbocycles. The van der Waals surface area contributed by atoms with E-state index in [4.69, 9.17) is 9.47 Å². The molecular formula is C19H19N3O6. The molecule has 9 nitrogen and oxygen atoms in total. The number of rotatable bonds is 7. The molecule has 0 spiro atoms. The number of aromatic carboxylic acids is 1. The van der Waals surface area contributed by atoms with Crippen LogP contribution in [0, 0.1) is 0 Å². The molecular weight excluding hydrogens is 366 g/mol. The van der Waals surface area contributed by atoms with Gasteiger partial charge in [-0.1, -0.05) is 0 Å². The number of methoxy groups -OCH3 is 2. The van der Waals surface area contributed by atoms with Crippen molar-refractivity contribution in [3.05, 3.63) is 53.1 Å². The summed E-state index contributed by atoms with van der Waals surface area (Å²) in [6.07, 6.45) is 1.20. The van der Waals surface area contributed by atoms with Crippen LogP contribution >= 0.6 is 0 Å². The molecule has 0 radical (unpaired) electrons. The zero-order valence-electron chi connectivity index (χ0n) is 15.5.